The smallest absolute Gasteiger partial charge is 0.147 e. The zero-order valence-electron chi connectivity index (χ0n) is 14.0. The van der Waals surface area contributed by atoms with Crippen LogP contribution in [0.4, 0.5) is 0 Å². The Hall–Kier alpha value is -1.73. The van der Waals surface area contributed by atoms with Crippen molar-refractivity contribution in [1.82, 2.24) is 29.4 Å². The van der Waals surface area contributed by atoms with Crippen LogP contribution in [0.2, 0.25) is 0 Å². The van der Waals surface area contributed by atoms with Gasteiger partial charge in [0.15, 0.2) is 0 Å². The van der Waals surface area contributed by atoms with E-state index in [2.05, 4.69) is 20.1 Å². The monoisotopic (exact) mass is 318 g/mol. The summed E-state index contributed by atoms with van der Waals surface area (Å²) in [7, 11) is 0. The van der Waals surface area contributed by atoms with Crippen LogP contribution in [0, 0.1) is 19.8 Å². The summed E-state index contributed by atoms with van der Waals surface area (Å²) in [5, 5.41) is 18.9. The lowest BCUT2D eigenvalue weighted by atomic mass is 9.97. The standard InChI is InChI=1S/C16H26N6O/c1-13-18-14(2)22(19-13)10-15-5-3-7-20(9-15)11-16(23)12-21-8-4-6-17-21/h4,6,8,15-16,23H,3,5,7,9-12H2,1-2H3/t15-,16-/m0/s1. The normalized spacial score (nSPS) is 20.7. The minimum absolute atomic E-state index is 0.385. The van der Waals surface area contributed by atoms with Gasteiger partial charge in [-0.1, -0.05) is 0 Å². The summed E-state index contributed by atoms with van der Waals surface area (Å²) < 4.78 is 3.80. The number of nitrogens with zero attached hydrogens (tertiary/aromatic N) is 6. The number of hydrogen-bond donors (Lipinski definition) is 1. The zero-order valence-corrected chi connectivity index (χ0v) is 14.0. The number of piperidine rings is 1. The first kappa shape index (κ1) is 16.1. The third kappa shape index (κ3) is 4.39. The molecule has 2 aromatic heterocycles. The molecule has 0 radical (unpaired) electrons. The second-order valence-corrected chi connectivity index (χ2v) is 6.54. The summed E-state index contributed by atoms with van der Waals surface area (Å²) in [6.45, 7) is 8.17. The Labute approximate surface area is 136 Å². The topological polar surface area (TPSA) is 72.0 Å². The summed E-state index contributed by atoms with van der Waals surface area (Å²) in [6, 6.07) is 1.88. The van der Waals surface area contributed by atoms with Gasteiger partial charge in [0.25, 0.3) is 0 Å². The number of aryl methyl sites for hydroxylation is 2. The first-order chi connectivity index (χ1) is 11.1. The number of rotatable bonds is 6. The molecule has 1 fully saturated rings. The molecule has 0 saturated carbocycles. The van der Waals surface area contributed by atoms with Crippen molar-refractivity contribution in [3.05, 3.63) is 30.1 Å². The fourth-order valence-corrected chi connectivity index (χ4v) is 3.43. The molecule has 23 heavy (non-hydrogen) atoms. The van der Waals surface area contributed by atoms with Gasteiger partial charge in [-0.05, 0) is 45.2 Å². The number of β-amino-alcohol motifs (C(OH)–C–C–N with tert-alkyl or cyclic N) is 1. The summed E-state index contributed by atoms with van der Waals surface area (Å²) in [5.74, 6) is 2.39. The minimum Gasteiger partial charge on any atom is -0.390 e. The zero-order chi connectivity index (χ0) is 16.2. The average Bonchev–Trinajstić information content (AvgIpc) is 3.09. The first-order valence-corrected chi connectivity index (χ1v) is 8.36. The second kappa shape index (κ2) is 7.23. The Kier molecular flexibility index (Phi) is 5.07. The quantitative estimate of drug-likeness (QED) is 0.855. The van der Waals surface area contributed by atoms with Crippen LogP contribution in [-0.4, -0.2) is 60.3 Å². The molecule has 7 heteroatoms. The molecule has 7 nitrogen and oxygen atoms in total. The minimum atomic E-state index is -0.385. The third-order valence-electron chi connectivity index (χ3n) is 4.42. The largest absolute Gasteiger partial charge is 0.390 e. The fraction of sp³-hybridized carbons (Fsp3) is 0.688. The van der Waals surface area contributed by atoms with Gasteiger partial charge in [-0.15, -0.1) is 0 Å². The lowest BCUT2D eigenvalue weighted by Crippen LogP contribution is -2.42. The average molecular weight is 318 g/mol. The Balaban J connectivity index is 1.50. The van der Waals surface area contributed by atoms with Crippen molar-refractivity contribution in [1.29, 1.82) is 0 Å². The van der Waals surface area contributed by atoms with Gasteiger partial charge in [-0.25, -0.2) is 9.67 Å². The van der Waals surface area contributed by atoms with E-state index < -0.39 is 0 Å². The molecule has 1 aliphatic rings. The molecule has 0 aliphatic carbocycles. The van der Waals surface area contributed by atoms with Gasteiger partial charge in [0, 0.05) is 32.0 Å². The Morgan fingerprint density at radius 3 is 2.91 bits per heavy atom. The highest BCUT2D eigenvalue weighted by Crippen LogP contribution is 2.19. The van der Waals surface area contributed by atoms with Crippen molar-refractivity contribution >= 4 is 0 Å². The molecule has 0 aromatic carbocycles. The molecule has 1 N–H and O–H groups in total. The van der Waals surface area contributed by atoms with Gasteiger partial charge < -0.3 is 10.0 Å². The van der Waals surface area contributed by atoms with E-state index in [0.29, 0.717) is 19.0 Å². The van der Waals surface area contributed by atoms with Crippen LogP contribution < -0.4 is 0 Å². The summed E-state index contributed by atoms with van der Waals surface area (Å²) in [4.78, 5) is 6.74. The molecule has 1 aliphatic heterocycles. The van der Waals surface area contributed by atoms with Crippen molar-refractivity contribution in [2.45, 2.75) is 45.9 Å². The maximum Gasteiger partial charge on any atom is 0.147 e. The van der Waals surface area contributed by atoms with E-state index in [-0.39, 0.29) is 6.10 Å². The van der Waals surface area contributed by atoms with E-state index in [0.717, 1.165) is 31.3 Å². The highest BCUT2D eigenvalue weighted by atomic mass is 16.3. The maximum absolute atomic E-state index is 10.3. The second-order valence-electron chi connectivity index (χ2n) is 6.54. The molecule has 3 heterocycles. The number of aliphatic hydroxyl groups excluding tert-OH is 1. The number of hydrogen-bond acceptors (Lipinski definition) is 5. The van der Waals surface area contributed by atoms with Crippen molar-refractivity contribution in [3.8, 4) is 0 Å². The highest BCUT2D eigenvalue weighted by molar-refractivity contribution is 4.88. The molecular weight excluding hydrogens is 292 g/mol. The first-order valence-electron chi connectivity index (χ1n) is 8.36. The molecule has 0 unspecified atom stereocenters. The lowest BCUT2D eigenvalue weighted by molar-refractivity contribution is 0.0680. The van der Waals surface area contributed by atoms with Gasteiger partial charge in [0.2, 0.25) is 0 Å². The lowest BCUT2D eigenvalue weighted by Gasteiger charge is -2.34. The van der Waals surface area contributed by atoms with E-state index in [4.69, 9.17) is 0 Å². The van der Waals surface area contributed by atoms with Crippen molar-refractivity contribution < 1.29 is 5.11 Å². The van der Waals surface area contributed by atoms with Gasteiger partial charge in [-0.2, -0.15) is 10.2 Å². The predicted octanol–water partition coefficient (Wildman–Crippen LogP) is 0.865. The van der Waals surface area contributed by atoms with Gasteiger partial charge in [0.1, 0.15) is 11.6 Å². The van der Waals surface area contributed by atoms with E-state index in [1.54, 1.807) is 10.9 Å². The molecule has 0 bridgehead atoms. The van der Waals surface area contributed by atoms with Crippen molar-refractivity contribution in [3.63, 3.8) is 0 Å². The Morgan fingerprint density at radius 2 is 2.22 bits per heavy atom. The molecule has 0 spiro atoms. The van der Waals surface area contributed by atoms with Crippen molar-refractivity contribution in [2.75, 3.05) is 19.6 Å². The third-order valence-corrected chi connectivity index (χ3v) is 4.42. The van der Waals surface area contributed by atoms with E-state index in [9.17, 15) is 5.11 Å². The maximum atomic E-state index is 10.3. The Morgan fingerprint density at radius 1 is 1.35 bits per heavy atom. The van der Waals surface area contributed by atoms with E-state index >= 15 is 0 Å². The molecule has 3 rings (SSSR count). The molecule has 126 valence electrons. The van der Waals surface area contributed by atoms with Crippen LogP contribution in [-0.2, 0) is 13.1 Å². The Bertz CT molecular complexity index is 608. The van der Waals surface area contributed by atoms with Crippen molar-refractivity contribution in [2.24, 2.45) is 5.92 Å². The molecular formula is C16H26N6O. The van der Waals surface area contributed by atoms with E-state index in [1.165, 1.54) is 12.8 Å². The van der Waals surface area contributed by atoms with Crippen LogP contribution in [0.15, 0.2) is 18.5 Å². The molecule has 2 atom stereocenters. The SMILES string of the molecule is Cc1nc(C)n(C[C@H]2CCCN(C[C@H](O)Cn3cccn3)C2)n1. The van der Waals surface area contributed by atoms with E-state index in [1.807, 2.05) is 30.8 Å². The molecule has 1 saturated heterocycles. The highest BCUT2D eigenvalue weighted by Gasteiger charge is 2.23. The van der Waals surface area contributed by atoms with Gasteiger partial charge >= 0.3 is 0 Å². The molecule has 0 amide bonds. The van der Waals surface area contributed by atoms with Gasteiger partial charge in [0.05, 0.1) is 12.6 Å². The molecule has 2 aromatic rings. The van der Waals surface area contributed by atoms with Crippen LogP contribution in [0.5, 0.6) is 0 Å². The summed E-state index contributed by atoms with van der Waals surface area (Å²) in [5.41, 5.74) is 0. The van der Waals surface area contributed by atoms with Crippen LogP contribution in [0.25, 0.3) is 0 Å². The number of aromatic nitrogens is 5. The predicted molar refractivity (Wildman–Crippen MR) is 86.9 cm³/mol. The van der Waals surface area contributed by atoms with Gasteiger partial charge in [-0.3, -0.25) is 4.68 Å². The van der Waals surface area contributed by atoms with Crippen LogP contribution >= 0.6 is 0 Å². The number of aliphatic hydroxyl groups is 1. The summed E-state index contributed by atoms with van der Waals surface area (Å²) >= 11 is 0. The number of likely N-dealkylation sites (tertiary alicyclic amines) is 1. The van der Waals surface area contributed by atoms with Crippen LogP contribution in [0.3, 0.4) is 0 Å². The van der Waals surface area contributed by atoms with Crippen LogP contribution in [0.1, 0.15) is 24.5 Å². The fourth-order valence-electron chi connectivity index (χ4n) is 3.43. The summed E-state index contributed by atoms with van der Waals surface area (Å²) in [6.07, 6.45) is 5.63.